The van der Waals surface area contributed by atoms with Crippen LogP contribution in [0, 0.1) is 0 Å². The fraction of sp³-hybridized carbons (Fsp3) is 0.212. The molecule has 0 saturated carbocycles. The van der Waals surface area contributed by atoms with E-state index in [0.29, 0.717) is 22.8 Å². The smallest absolute Gasteiger partial charge is 0.264 e. The highest BCUT2D eigenvalue weighted by molar-refractivity contribution is 9.10. The molecule has 4 aromatic rings. The average Bonchev–Trinajstić information content (AvgIpc) is 3.02. The number of halogens is 2. The second-order valence-electron chi connectivity index (χ2n) is 9.91. The summed E-state index contributed by atoms with van der Waals surface area (Å²) in [6.45, 7) is 1.86. The van der Waals surface area contributed by atoms with Crippen LogP contribution in [0.1, 0.15) is 24.5 Å². The summed E-state index contributed by atoms with van der Waals surface area (Å²) in [6, 6.07) is 30.2. The van der Waals surface area contributed by atoms with Crippen molar-refractivity contribution in [1.29, 1.82) is 0 Å². The second-order valence-corrected chi connectivity index (χ2v) is 13.1. The normalized spacial score (nSPS) is 11.9. The zero-order chi connectivity index (χ0) is 30.8. The summed E-state index contributed by atoms with van der Waals surface area (Å²) in [6.07, 6.45) is 0.950. The molecule has 43 heavy (non-hydrogen) atoms. The van der Waals surface area contributed by atoms with Crippen molar-refractivity contribution in [1.82, 2.24) is 10.2 Å². The molecule has 0 radical (unpaired) electrons. The van der Waals surface area contributed by atoms with Gasteiger partial charge in [-0.15, -0.1) is 0 Å². The Kier molecular flexibility index (Phi) is 11.4. The van der Waals surface area contributed by atoms with Crippen molar-refractivity contribution in [3.05, 3.63) is 130 Å². The summed E-state index contributed by atoms with van der Waals surface area (Å²) in [7, 11) is -4.15. The number of hydrogen-bond donors (Lipinski definition) is 1. The Morgan fingerprint density at radius 3 is 2.09 bits per heavy atom. The van der Waals surface area contributed by atoms with Gasteiger partial charge in [-0.25, -0.2) is 8.42 Å². The molecule has 224 valence electrons. The van der Waals surface area contributed by atoms with Crippen LogP contribution in [0.25, 0.3) is 0 Å². The van der Waals surface area contributed by atoms with Gasteiger partial charge in [0.05, 0.1) is 10.6 Å². The van der Waals surface area contributed by atoms with Crippen molar-refractivity contribution in [2.24, 2.45) is 0 Å². The first kappa shape index (κ1) is 32.3. The molecule has 0 aliphatic heterocycles. The monoisotopic (exact) mass is 681 g/mol. The van der Waals surface area contributed by atoms with E-state index < -0.39 is 28.5 Å². The van der Waals surface area contributed by atoms with E-state index in [-0.39, 0.29) is 23.8 Å². The Bertz CT molecular complexity index is 1620. The Morgan fingerprint density at radius 1 is 0.860 bits per heavy atom. The highest BCUT2D eigenvalue weighted by Crippen LogP contribution is 2.27. The minimum Gasteiger partial charge on any atom is -0.354 e. The lowest BCUT2D eigenvalue weighted by molar-refractivity contribution is -0.140. The van der Waals surface area contributed by atoms with Crippen LogP contribution in [0.4, 0.5) is 5.69 Å². The second kappa shape index (κ2) is 15.2. The molecule has 2 amide bonds. The van der Waals surface area contributed by atoms with E-state index in [4.69, 9.17) is 11.6 Å². The number of anilines is 1. The lowest BCUT2D eigenvalue weighted by Crippen LogP contribution is -2.53. The van der Waals surface area contributed by atoms with Gasteiger partial charge < -0.3 is 10.2 Å². The minimum absolute atomic E-state index is 0.00904. The van der Waals surface area contributed by atoms with E-state index in [9.17, 15) is 18.0 Å². The van der Waals surface area contributed by atoms with Gasteiger partial charge in [0.15, 0.2) is 0 Å². The van der Waals surface area contributed by atoms with Gasteiger partial charge in [-0.2, -0.15) is 0 Å². The van der Waals surface area contributed by atoms with Crippen LogP contribution in [-0.2, 0) is 32.6 Å². The SMILES string of the molecule is CCCNC(=O)C(Cc1ccccc1)N(Cc1ccccc1Cl)C(=O)CN(c1ccc(Br)cc1)S(=O)(=O)c1ccccc1. The van der Waals surface area contributed by atoms with Gasteiger partial charge in [-0.1, -0.05) is 101 Å². The summed E-state index contributed by atoms with van der Waals surface area (Å²) < 4.78 is 29.8. The molecule has 0 aliphatic rings. The molecule has 1 N–H and O–H groups in total. The predicted molar refractivity (Wildman–Crippen MR) is 174 cm³/mol. The summed E-state index contributed by atoms with van der Waals surface area (Å²) in [4.78, 5) is 29.5. The van der Waals surface area contributed by atoms with Crippen LogP contribution in [0.3, 0.4) is 0 Å². The molecular weight excluding hydrogens is 650 g/mol. The first-order chi connectivity index (χ1) is 20.7. The first-order valence-electron chi connectivity index (χ1n) is 13.9. The number of sulfonamides is 1. The number of carbonyl (C=O) groups excluding carboxylic acids is 2. The van der Waals surface area contributed by atoms with Crippen LogP contribution in [0.5, 0.6) is 0 Å². The molecule has 0 aromatic heterocycles. The number of benzene rings is 4. The van der Waals surface area contributed by atoms with Crippen LogP contribution in [0.15, 0.2) is 119 Å². The number of nitrogens with one attached hydrogen (secondary N) is 1. The maximum absolute atomic E-state index is 14.4. The summed E-state index contributed by atoms with van der Waals surface area (Å²) in [5.41, 5.74) is 1.81. The molecule has 4 rings (SSSR count). The molecule has 4 aromatic carbocycles. The molecule has 0 saturated heterocycles. The topological polar surface area (TPSA) is 86.8 Å². The molecular formula is C33H33BrClN3O4S. The molecule has 1 unspecified atom stereocenters. The third-order valence-electron chi connectivity index (χ3n) is 6.84. The highest BCUT2D eigenvalue weighted by Gasteiger charge is 2.34. The fourth-order valence-corrected chi connectivity index (χ4v) is 6.48. The number of amides is 2. The summed E-state index contributed by atoms with van der Waals surface area (Å²) >= 11 is 9.92. The molecule has 10 heteroatoms. The number of nitrogens with zero attached hydrogens (tertiary/aromatic N) is 2. The van der Waals surface area contributed by atoms with Gasteiger partial charge in [0, 0.05) is 29.0 Å². The third kappa shape index (κ3) is 8.46. The molecule has 0 bridgehead atoms. The van der Waals surface area contributed by atoms with Crippen molar-refractivity contribution >= 4 is 55.1 Å². The third-order valence-corrected chi connectivity index (χ3v) is 9.53. The Morgan fingerprint density at radius 2 is 1.47 bits per heavy atom. The molecule has 0 spiro atoms. The highest BCUT2D eigenvalue weighted by atomic mass is 79.9. The van der Waals surface area contributed by atoms with E-state index in [1.165, 1.54) is 17.0 Å². The maximum atomic E-state index is 14.4. The van der Waals surface area contributed by atoms with E-state index in [1.54, 1.807) is 66.7 Å². The van der Waals surface area contributed by atoms with Crippen LogP contribution in [0.2, 0.25) is 5.02 Å². The predicted octanol–water partition coefficient (Wildman–Crippen LogP) is 6.46. The van der Waals surface area contributed by atoms with Gasteiger partial charge in [-0.3, -0.25) is 13.9 Å². The van der Waals surface area contributed by atoms with Crippen LogP contribution < -0.4 is 9.62 Å². The summed E-state index contributed by atoms with van der Waals surface area (Å²) in [5.74, 6) is -0.873. The van der Waals surface area contributed by atoms with Gasteiger partial charge >= 0.3 is 0 Å². The van der Waals surface area contributed by atoms with Crippen molar-refractivity contribution in [3.63, 3.8) is 0 Å². The van der Waals surface area contributed by atoms with E-state index >= 15 is 0 Å². The largest absolute Gasteiger partial charge is 0.354 e. The van der Waals surface area contributed by atoms with Gasteiger partial charge in [0.25, 0.3) is 10.0 Å². The van der Waals surface area contributed by atoms with E-state index in [1.807, 2.05) is 37.3 Å². The Hall–Kier alpha value is -3.66. The maximum Gasteiger partial charge on any atom is 0.264 e. The van der Waals surface area contributed by atoms with Crippen molar-refractivity contribution in [3.8, 4) is 0 Å². The number of rotatable bonds is 13. The molecule has 0 heterocycles. The fourth-order valence-electron chi connectivity index (χ4n) is 4.59. The first-order valence-corrected chi connectivity index (χ1v) is 16.5. The quantitative estimate of drug-likeness (QED) is 0.175. The lowest BCUT2D eigenvalue weighted by atomic mass is 10.0. The Balaban J connectivity index is 1.79. The van der Waals surface area contributed by atoms with Crippen molar-refractivity contribution in [2.75, 3.05) is 17.4 Å². The Labute approximate surface area is 266 Å². The van der Waals surface area contributed by atoms with Gasteiger partial charge in [0.1, 0.15) is 12.6 Å². The molecule has 0 fully saturated rings. The number of hydrogen-bond acceptors (Lipinski definition) is 4. The lowest BCUT2D eigenvalue weighted by Gasteiger charge is -2.34. The van der Waals surface area contributed by atoms with E-state index in [2.05, 4.69) is 21.2 Å². The van der Waals surface area contributed by atoms with Gasteiger partial charge in [-0.05, 0) is 60.0 Å². The molecule has 1 atom stereocenters. The molecule has 7 nitrogen and oxygen atoms in total. The zero-order valence-corrected chi connectivity index (χ0v) is 26.9. The molecule has 0 aliphatic carbocycles. The number of carbonyl (C=O) groups is 2. The van der Waals surface area contributed by atoms with Crippen molar-refractivity contribution < 1.29 is 18.0 Å². The van der Waals surface area contributed by atoms with Crippen molar-refractivity contribution in [2.45, 2.75) is 37.2 Å². The van der Waals surface area contributed by atoms with E-state index in [0.717, 1.165) is 20.8 Å². The van der Waals surface area contributed by atoms with Crippen LogP contribution in [-0.4, -0.2) is 44.3 Å². The average molecular weight is 683 g/mol. The minimum atomic E-state index is -4.15. The zero-order valence-electron chi connectivity index (χ0n) is 23.7. The summed E-state index contributed by atoms with van der Waals surface area (Å²) in [5, 5.41) is 3.37. The van der Waals surface area contributed by atoms with Gasteiger partial charge in [0.2, 0.25) is 11.8 Å². The standard InChI is InChI=1S/C33H33BrClN3O4S/c1-2-21-36-33(40)31(22-25-11-5-3-6-12-25)37(23-26-13-9-10-16-30(26)35)32(39)24-38(28-19-17-27(34)18-20-28)43(41,42)29-14-7-4-8-15-29/h3-20,31H,2,21-24H2,1H3,(H,36,40). The van der Waals surface area contributed by atoms with Crippen LogP contribution >= 0.6 is 27.5 Å².